The molecule has 0 saturated carbocycles. The molecule has 17 heavy (non-hydrogen) atoms. The van der Waals surface area contributed by atoms with E-state index in [4.69, 9.17) is 9.47 Å². The number of methoxy groups -OCH3 is 1. The molecule has 0 unspecified atom stereocenters. The first-order valence-electron chi connectivity index (χ1n) is 5.92. The van der Waals surface area contributed by atoms with Crippen LogP contribution in [-0.4, -0.2) is 13.9 Å². The molecule has 96 valence electrons. The van der Waals surface area contributed by atoms with Crippen LogP contribution in [0.3, 0.4) is 0 Å². The minimum Gasteiger partial charge on any atom is -0.467 e. The van der Waals surface area contributed by atoms with Crippen molar-refractivity contribution in [2.75, 3.05) is 13.9 Å². The van der Waals surface area contributed by atoms with Gasteiger partial charge in [-0.1, -0.05) is 43.6 Å². The second-order valence-corrected chi connectivity index (χ2v) is 5.69. The van der Waals surface area contributed by atoms with E-state index in [0.717, 1.165) is 10.2 Å². The molecule has 0 heterocycles. The molecule has 1 aromatic rings. The fourth-order valence-electron chi connectivity index (χ4n) is 1.78. The summed E-state index contributed by atoms with van der Waals surface area (Å²) in [6, 6.07) is 4.25. The van der Waals surface area contributed by atoms with Gasteiger partial charge in [-0.05, 0) is 35.1 Å². The summed E-state index contributed by atoms with van der Waals surface area (Å²) in [5, 5.41) is 0. The molecule has 0 fully saturated rings. The highest BCUT2D eigenvalue weighted by atomic mass is 79.9. The van der Waals surface area contributed by atoms with Gasteiger partial charge in [0.2, 0.25) is 0 Å². The quantitative estimate of drug-likeness (QED) is 0.735. The molecule has 0 radical (unpaired) electrons. The van der Waals surface area contributed by atoms with E-state index in [0.29, 0.717) is 18.6 Å². The average Bonchev–Trinajstić information content (AvgIpc) is 2.26. The van der Waals surface area contributed by atoms with Crippen molar-refractivity contribution < 1.29 is 9.47 Å². The molecule has 0 N–H and O–H groups in total. The van der Waals surface area contributed by atoms with Crippen molar-refractivity contribution in [3.63, 3.8) is 0 Å². The van der Waals surface area contributed by atoms with Crippen LogP contribution in [0.5, 0.6) is 5.75 Å². The lowest BCUT2D eigenvalue weighted by atomic mass is 9.94. The van der Waals surface area contributed by atoms with Crippen LogP contribution in [0.4, 0.5) is 0 Å². The number of rotatable bonds is 5. The van der Waals surface area contributed by atoms with Gasteiger partial charge >= 0.3 is 0 Å². The maximum atomic E-state index is 5.75. The van der Waals surface area contributed by atoms with Crippen LogP contribution >= 0.6 is 15.9 Å². The van der Waals surface area contributed by atoms with Crippen molar-refractivity contribution in [2.45, 2.75) is 39.5 Å². The largest absolute Gasteiger partial charge is 0.467 e. The molecule has 3 heteroatoms. The minimum atomic E-state index is 0.293. The standard InChI is InChI=1S/C14H21BrO2/c1-9(2)12-6-11(15)7-13(10(3)4)14(12)17-8-16-5/h6-7,9-10H,8H2,1-5H3. The Kier molecular flexibility index (Phi) is 5.47. The van der Waals surface area contributed by atoms with Gasteiger partial charge in [0.1, 0.15) is 5.75 Å². The number of ether oxygens (including phenoxy) is 2. The fraction of sp³-hybridized carbons (Fsp3) is 0.571. The molecular weight excluding hydrogens is 280 g/mol. The molecule has 0 aliphatic carbocycles. The Morgan fingerprint density at radius 3 is 1.88 bits per heavy atom. The summed E-state index contributed by atoms with van der Waals surface area (Å²) in [7, 11) is 1.64. The number of halogens is 1. The molecule has 0 amide bonds. The lowest BCUT2D eigenvalue weighted by Gasteiger charge is -2.20. The first-order chi connectivity index (χ1) is 7.97. The van der Waals surface area contributed by atoms with Crippen LogP contribution in [0, 0.1) is 0 Å². The van der Waals surface area contributed by atoms with Gasteiger partial charge in [-0.15, -0.1) is 0 Å². The summed E-state index contributed by atoms with van der Waals surface area (Å²) in [4.78, 5) is 0. The van der Waals surface area contributed by atoms with Crippen molar-refractivity contribution in [1.29, 1.82) is 0 Å². The predicted molar refractivity (Wildman–Crippen MR) is 74.8 cm³/mol. The Labute approximate surface area is 112 Å². The summed E-state index contributed by atoms with van der Waals surface area (Å²) >= 11 is 3.57. The van der Waals surface area contributed by atoms with Gasteiger partial charge < -0.3 is 9.47 Å². The highest BCUT2D eigenvalue weighted by Crippen LogP contribution is 2.37. The molecule has 1 rings (SSSR count). The summed E-state index contributed by atoms with van der Waals surface area (Å²) in [5.41, 5.74) is 2.44. The Balaban J connectivity index is 3.26. The van der Waals surface area contributed by atoms with Crippen molar-refractivity contribution in [2.24, 2.45) is 0 Å². The molecule has 2 nitrogen and oxygen atoms in total. The van der Waals surface area contributed by atoms with E-state index >= 15 is 0 Å². The van der Waals surface area contributed by atoms with Crippen LogP contribution in [0.15, 0.2) is 16.6 Å². The molecule has 0 saturated heterocycles. The zero-order valence-corrected chi connectivity index (χ0v) is 12.8. The zero-order chi connectivity index (χ0) is 13.0. The van der Waals surface area contributed by atoms with Crippen LogP contribution in [0.2, 0.25) is 0 Å². The third-order valence-corrected chi connectivity index (χ3v) is 3.13. The first kappa shape index (κ1) is 14.5. The Morgan fingerprint density at radius 2 is 1.53 bits per heavy atom. The summed E-state index contributed by atoms with van der Waals surface area (Å²) in [5.74, 6) is 1.83. The smallest absolute Gasteiger partial charge is 0.188 e. The second kappa shape index (κ2) is 6.41. The minimum absolute atomic E-state index is 0.293. The molecule has 0 atom stereocenters. The van der Waals surface area contributed by atoms with Gasteiger partial charge in [0.15, 0.2) is 6.79 Å². The topological polar surface area (TPSA) is 18.5 Å². The Hall–Kier alpha value is -0.540. The fourth-order valence-corrected chi connectivity index (χ4v) is 2.27. The maximum absolute atomic E-state index is 5.75. The molecule has 0 aromatic heterocycles. The van der Waals surface area contributed by atoms with Crippen molar-refractivity contribution >= 4 is 15.9 Å². The van der Waals surface area contributed by atoms with E-state index in [1.165, 1.54) is 11.1 Å². The Morgan fingerprint density at radius 1 is 1.06 bits per heavy atom. The highest BCUT2D eigenvalue weighted by Gasteiger charge is 2.16. The van der Waals surface area contributed by atoms with E-state index in [1.54, 1.807) is 7.11 Å². The van der Waals surface area contributed by atoms with Gasteiger partial charge in [0.05, 0.1) is 0 Å². The zero-order valence-electron chi connectivity index (χ0n) is 11.2. The van der Waals surface area contributed by atoms with Gasteiger partial charge in [-0.2, -0.15) is 0 Å². The molecule has 1 aromatic carbocycles. The predicted octanol–water partition coefficient (Wildman–Crippen LogP) is 4.68. The summed E-state index contributed by atoms with van der Waals surface area (Å²) in [6.07, 6.45) is 0. The SMILES string of the molecule is COCOc1c(C(C)C)cc(Br)cc1C(C)C. The number of hydrogen-bond acceptors (Lipinski definition) is 2. The molecule has 0 aliphatic rings. The van der Waals surface area contributed by atoms with E-state index in [-0.39, 0.29) is 0 Å². The third kappa shape index (κ3) is 3.71. The van der Waals surface area contributed by atoms with Crippen molar-refractivity contribution in [3.8, 4) is 5.75 Å². The van der Waals surface area contributed by atoms with Crippen LogP contribution in [0.1, 0.15) is 50.7 Å². The van der Waals surface area contributed by atoms with E-state index < -0.39 is 0 Å². The number of hydrogen-bond donors (Lipinski definition) is 0. The molecule has 0 aliphatic heterocycles. The molecule has 0 spiro atoms. The molecular formula is C14H21BrO2. The number of benzene rings is 1. The van der Waals surface area contributed by atoms with Gasteiger partial charge in [0, 0.05) is 11.6 Å². The maximum Gasteiger partial charge on any atom is 0.188 e. The van der Waals surface area contributed by atoms with Gasteiger partial charge in [0.25, 0.3) is 0 Å². The third-order valence-electron chi connectivity index (χ3n) is 2.68. The van der Waals surface area contributed by atoms with Gasteiger partial charge in [-0.3, -0.25) is 0 Å². The van der Waals surface area contributed by atoms with Crippen molar-refractivity contribution in [3.05, 3.63) is 27.7 Å². The monoisotopic (exact) mass is 300 g/mol. The van der Waals surface area contributed by atoms with E-state index in [9.17, 15) is 0 Å². The summed E-state index contributed by atoms with van der Waals surface area (Å²) in [6.45, 7) is 8.98. The lowest BCUT2D eigenvalue weighted by molar-refractivity contribution is 0.0494. The Bertz CT molecular complexity index is 343. The van der Waals surface area contributed by atoms with E-state index in [1.807, 2.05) is 0 Å². The van der Waals surface area contributed by atoms with Crippen molar-refractivity contribution in [1.82, 2.24) is 0 Å². The second-order valence-electron chi connectivity index (χ2n) is 4.77. The van der Waals surface area contributed by atoms with E-state index in [2.05, 4.69) is 55.8 Å². The van der Waals surface area contributed by atoms with Crippen LogP contribution < -0.4 is 4.74 Å². The summed E-state index contributed by atoms with van der Waals surface area (Å²) < 4.78 is 11.9. The average molecular weight is 301 g/mol. The molecule has 0 bridgehead atoms. The lowest BCUT2D eigenvalue weighted by Crippen LogP contribution is -2.06. The normalized spacial score (nSPS) is 11.3. The first-order valence-corrected chi connectivity index (χ1v) is 6.71. The van der Waals surface area contributed by atoms with Crippen LogP contribution in [-0.2, 0) is 4.74 Å². The highest BCUT2D eigenvalue weighted by molar-refractivity contribution is 9.10. The van der Waals surface area contributed by atoms with Crippen LogP contribution in [0.25, 0.3) is 0 Å². The van der Waals surface area contributed by atoms with Gasteiger partial charge in [-0.25, -0.2) is 0 Å².